The van der Waals surface area contributed by atoms with Gasteiger partial charge in [0.1, 0.15) is 24.3 Å². The third kappa shape index (κ3) is 5.67. The predicted octanol–water partition coefficient (Wildman–Crippen LogP) is 2.61. The minimum atomic E-state index is -0.631. The molecular formula is C13H19ClFNO2. The maximum Gasteiger partial charge on any atom is 0.142 e. The van der Waals surface area contributed by atoms with Gasteiger partial charge in [-0.25, -0.2) is 4.39 Å². The van der Waals surface area contributed by atoms with Gasteiger partial charge < -0.3 is 15.2 Å². The molecule has 0 aliphatic heterocycles. The van der Waals surface area contributed by atoms with Crippen molar-refractivity contribution in [1.82, 2.24) is 5.32 Å². The van der Waals surface area contributed by atoms with E-state index in [0.717, 1.165) is 0 Å². The number of β-amino-alcohol motifs (C(OH)–C–C–N with tert-alkyl or cyclic N) is 1. The second-order valence-corrected chi connectivity index (χ2v) is 5.58. The minimum Gasteiger partial charge on any atom is -0.491 e. The summed E-state index contributed by atoms with van der Waals surface area (Å²) in [5.41, 5.74) is -0.0554. The van der Waals surface area contributed by atoms with E-state index in [2.05, 4.69) is 5.32 Å². The van der Waals surface area contributed by atoms with Crippen molar-refractivity contribution in [2.45, 2.75) is 32.4 Å². The maximum absolute atomic E-state index is 12.9. The number of ether oxygens (including phenoxy) is 1. The van der Waals surface area contributed by atoms with Gasteiger partial charge in [-0.1, -0.05) is 11.6 Å². The smallest absolute Gasteiger partial charge is 0.142 e. The molecule has 0 aliphatic carbocycles. The molecule has 1 unspecified atom stereocenters. The summed E-state index contributed by atoms with van der Waals surface area (Å²) in [5, 5.41) is 12.9. The summed E-state index contributed by atoms with van der Waals surface area (Å²) in [6.07, 6.45) is -0.631. The van der Waals surface area contributed by atoms with Crippen LogP contribution >= 0.6 is 11.6 Å². The predicted molar refractivity (Wildman–Crippen MR) is 70.7 cm³/mol. The van der Waals surface area contributed by atoms with E-state index in [1.807, 2.05) is 20.8 Å². The van der Waals surface area contributed by atoms with E-state index in [4.69, 9.17) is 16.3 Å². The standard InChI is InChI=1S/C13H19ClFNO2/c1-13(2,3)16-7-9(17)8-18-10-4-5-12(15)11(14)6-10/h4-6,9,16-17H,7-8H2,1-3H3. The first-order valence-electron chi connectivity index (χ1n) is 5.79. The molecule has 0 heterocycles. The molecule has 0 aromatic heterocycles. The number of nitrogens with one attached hydrogen (secondary N) is 1. The first-order valence-corrected chi connectivity index (χ1v) is 6.17. The molecular weight excluding hydrogens is 257 g/mol. The molecule has 0 amide bonds. The lowest BCUT2D eigenvalue weighted by Gasteiger charge is -2.22. The minimum absolute atomic E-state index is 0.00908. The summed E-state index contributed by atoms with van der Waals surface area (Å²) >= 11 is 5.62. The van der Waals surface area contributed by atoms with Gasteiger partial charge >= 0.3 is 0 Å². The number of hydrogen-bond donors (Lipinski definition) is 2. The van der Waals surface area contributed by atoms with E-state index in [9.17, 15) is 9.50 Å². The summed E-state index contributed by atoms with van der Waals surface area (Å²) in [6, 6.07) is 4.10. The molecule has 0 saturated carbocycles. The van der Waals surface area contributed by atoms with Crippen molar-refractivity contribution in [2.75, 3.05) is 13.2 Å². The Labute approximate surface area is 112 Å². The van der Waals surface area contributed by atoms with Crippen LogP contribution in [-0.4, -0.2) is 29.9 Å². The molecule has 1 aromatic rings. The van der Waals surface area contributed by atoms with Crippen LogP contribution in [0.3, 0.4) is 0 Å². The van der Waals surface area contributed by atoms with Crippen molar-refractivity contribution in [3.8, 4) is 5.75 Å². The van der Waals surface area contributed by atoms with E-state index in [1.54, 1.807) is 0 Å². The zero-order chi connectivity index (χ0) is 13.8. The van der Waals surface area contributed by atoms with E-state index in [1.165, 1.54) is 18.2 Å². The van der Waals surface area contributed by atoms with Crippen molar-refractivity contribution < 1.29 is 14.2 Å². The van der Waals surface area contributed by atoms with Gasteiger partial charge in [0.05, 0.1) is 5.02 Å². The molecule has 0 bridgehead atoms. The van der Waals surface area contributed by atoms with Crippen molar-refractivity contribution in [1.29, 1.82) is 0 Å². The fourth-order valence-corrected chi connectivity index (χ4v) is 1.41. The topological polar surface area (TPSA) is 41.5 Å². The number of aliphatic hydroxyl groups excluding tert-OH is 1. The van der Waals surface area contributed by atoms with E-state index in [-0.39, 0.29) is 17.2 Å². The molecule has 3 nitrogen and oxygen atoms in total. The average molecular weight is 276 g/mol. The van der Waals surface area contributed by atoms with Crippen LogP contribution in [-0.2, 0) is 0 Å². The third-order valence-corrected chi connectivity index (χ3v) is 2.49. The van der Waals surface area contributed by atoms with Crippen LogP contribution in [0, 0.1) is 5.82 Å². The Bertz CT molecular complexity index is 393. The fourth-order valence-electron chi connectivity index (χ4n) is 1.24. The van der Waals surface area contributed by atoms with Crippen molar-refractivity contribution >= 4 is 11.6 Å². The Morgan fingerprint density at radius 3 is 2.67 bits per heavy atom. The summed E-state index contributed by atoms with van der Waals surface area (Å²) in [4.78, 5) is 0. The highest BCUT2D eigenvalue weighted by Crippen LogP contribution is 2.21. The Balaban J connectivity index is 2.38. The molecule has 0 fully saturated rings. The molecule has 1 aromatic carbocycles. The van der Waals surface area contributed by atoms with Crippen LogP contribution in [0.2, 0.25) is 5.02 Å². The monoisotopic (exact) mass is 275 g/mol. The molecule has 102 valence electrons. The molecule has 0 saturated heterocycles. The van der Waals surface area contributed by atoms with Gasteiger partial charge in [-0.05, 0) is 32.9 Å². The van der Waals surface area contributed by atoms with Crippen LogP contribution < -0.4 is 10.1 Å². The normalized spacial score (nSPS) is 13.4. The van der Waals surface area contributed by atoms with Gasteiger partial charge in [0.2, 0.25) is 0 Å². The second-order valence-electron chi connectivity index (χ2n) is 5.17. The molecule has 1 atom stereocenters. The van der Waals surface area contributed by atoms with Gasteiger partial charge in [0, 0.05) is 18.2 Å². The molecule has 1 rings (SSSR count). The zero-order valence-corrected chi connectivity index (χ0v) is 11.6. The lowest BCUT2D eigenvalue weighted by atomic mass is 10.1. The molecule has 5 heteroatoms. The molecule has 2 N–H and O–H groups in total. The molecule has 0 radical (unpaired) electrons. The zero-order valence-electron chi connectivity index (χ0n) is 10.8. The first-order chi connectivity index (χ1) is 8.28. The number of aliphatic hydroxyl groups is 1. The van der Waals surface area contributed by atoms with Crippen LogP contribution in [0.25, 0.3) is 0 Å². The number of rotatable bonds is 5. The van der Waals surface area contributed by atoms with Crippen LogP contribution in [0.4, 0.5) is 4.39 Å². The maximum atomic E-state index is 12.9. The lowest BCUT2D eigenvalue weighted by Crippen LogP contribution is -2.42. The Morgan fingerprint density at radius 2 is 2.11 bits per heavy atom. The molecule has 0 aliphatic rings. The summed E-state index contributed by atoms with van der Waals surface area (Å²) < 4.78 is 18.2. The Hall–Kier alpha value is -0.840. The van der Waals surface area contributed by atoms with Crippen LogP contribution in [0.15, 0.2) is 18.2 Å². The van der Waals surface area contributed by atoms with Crippen LogP contribution in [0.1, 0.15) is 20.8 Å². The fraction of sp³-hybridized carbons (Fsp3) is 0.538. The van der Waals surface area contributed by atoms with Crippen LogP contribution in [0.5, 0.6) is 5.75 Å². The SMILES string of the molecule is CC(C)(C)NCC(O)COc1ccc(F)c(Cl)c1. The van der Waals surface area contributed by atoms with E-state index >= 15 is 0 Å². The molecule has 18 heavy (non-hydrogen) atoms. The summed E-state index contributed by atoms with van der Waals surface area (Å²) in [6.45, 7) is 6.60. The van der Waals surface area contributed by atoms with Gasteiger partial charge in [-0.15, -0.1) is 0 Å². The summed E-state index contributed by atoms with van der Waals surface area (Å²) in [5.74, 6) is -0.0461. The summed E-state index contributed by atoms with van der Waals surface area (Å²) in [7, 11) is 0. The highest BCUT2D eigenvalue weighted by molar-refractivity contribution is 6.30. The first kappa shape index (κ1) is 15.2. The number of benzene rings is 1. The highest BCUT2D eigenvalue weighted by atomic mass is 35.5. The van der Waals surface area contributed by atoms with E-state index in [0.29, 0.717) is 12.3 Å². The second kappa shape index (κ2) is 6.36. The Morgan fingerprint density at radius 1 is 1.44 bits per heavy atom. The third-order valence-electron chi connectivity index (χ3n) is 2.20. The largest absolute Gasteiger partial charge is 0.491 e. The van der Waals surface area contributed by atoms with Gasteiger partial charge in [0.25, 0.3) is 0 Å². The van der Waals surface area contributed by atoms with Gasteiger partial charge in [-0.3, -0.25) is 0 Å². The van der Waals surface area contributed by atoms with Gasteiger partial charge in [0.15, 0.2) is 0 Å². The Kier molecular flexibility index (Phi) is 5.38. The number of hydrogen-bond acceptors (Lipinski definition) is 3. The highest BCUT2D eigenvalue weighted by Gasteiger charge is 2.12. The van der Waals surface area contributed by atoms with Crippen molar-refractivity contribution in [3.63, 3.8) is 0 Å². The van der Waals surface area contributed by atoms with Gasteiger partial charge in [-0.2, -0.15) is 0 Å². The number of halogens is 2. The quantitative estimate of drug-likeness (QED) is 0.868. The van der Waals surface area contributed by atoms with Crippen molar-refractivity contribution in [2.24, 2.45) is 0 Å². The lowest BCUT2D eigenvalue weighted by molar-refractivity contribution is 0.100. The van der Waals surface area contributed by atoms with E-state index < -0.39 is 11.9 Å². The average Bonchev–Trinajstić information content (AvgIpc) is 2.27. The van der Waals surface area contributed by atoms with Crippen molar-refractivity contribution in [3.05, 3.63) is 29.0 Å². The molecule has 0 spiro atoms.